The van der Waals surface area contributed by atoms with Gasteiger partial charge in [-0.1, -0.05) is 0 Å². The van der Waals surface area contributed by atoms with E-state index < -0.39 is 6.10 Å². The molecular formula is C12H14N2O2S2. The highest BCUT2D eigenvalue weighted by molar-refractivity contribution is 7.27. The number of fused-ring (bicyclic) bond motifs is 1. The van der Waals surface area contributed by atoms with Crippen molar-refractivity contribution in [3.8, 4) is 0 Å². The summed E-state index contributed by atoms with van der Waals surface area (Å²) in [5.41, 5.74) is 0. The SMILES string of the molecule is CN(C(=O)c1cc2sccc2s1)[C@H]1CNC[C@@H]1O. The lowest BCUT2D eigenvalue weighted by Crippen LogP contribution is -2.44. The molecule has 2 aromatic rings. The normalized spacial score (nSPS) is 23.7. The van der Waals surface area contributed by atoms with E-state index in [4.69, 9.17) is 0 Å². The maximum atomic E-state index is 12.3. The Labute approximate surface area is 113 Å². The first-order chi connectivity index (χ1) is 8.66. The molecule has 1 aliphatic heterocycles. The van der Waals surface area contributed by atoms with E-state index in [1.807, 2.05) is 17.5 Å². The first-order valence-corrected chi connectivity index (χ1v) is 7.49. The van der Waals surface area contributed by atoms with Crippen molar-refractivity contribution in [1.29, 1.82) is 0 Å². The summed E-state index contributed by atoms with van der Waals surface area (Å²) in [6, 6.07) is 3.85. The Balaban J connectivity index is 1.83. The predicted molar refractivity (Wildman–Crippen MR) is 74.5 cm³/mol. The number of hydrogen-bond donors (Lipinski definition) is 2. The number of aliphatic hydroxyl groups excluding tert-OH is 1. The van der Waals surface area contributed by atoms with Gasteiger partial charge in [0.15, 0.2) is 0 Å². The van der Waals surface area contributed by atoms with E-state index in [1.165, 1.54) is 11.3 Å². The number of nitrogens with zero attached hydrogens (tertiary/aromatic N) is 1. The van der Waals surface area contributed by atoms with Gasteiger partial charge in [-0.25, -0.2) is 0 Å². The lowest BCUT2D eigenvalue weighted by atomic mass is 10.2. The van der Waals surface area contributed by atoms with Crippen LogP contribution < -0.4 is 5.32 Å². The summed E-state index contributed by atoms with van der Waals surface area (Å²) in [6.45, 7) is 1.21. The van der Waals surface area contributed by atoms with Gasteiger partial charge in [0.05, 0.1) is 17.0 Å². The number of carbonyl (C=O) groups excluding carboxylic acids is 1. The maximum absolute atomic E-state index is 12.3. The largest absolute Gasteiger partial charge is 0.390 e. The number of thiophene rings is 2. The smallest absolute Gasteiger partial charge is 0.264 e. The first kappa shape index (κ1) is 12.1. The molecule has 0 spiro atoms. The van der Waals surface area contributed by atoms with Crippen molar-refractivity contribution in [2.75, 3.05) is 20.1 Å². The van der Waals surface area contributed by atoms with Crippen molar-refractivity contribution >= 4 is 38.0 Å². The van der Waals surface area contributed by atoms with E-state index in [9.17, 15) is 9.90 Å². The average molecular weight is 282 g/mol. The van der Waals surface area contributed by atoms with Gasteiger partial charge in [0.1, 0.15) is 0 Å². The fourth-order valence-electron chi connectivity index (χ4n) is 2.24. The van der Waals surface area contributed by atoms with E-state index in [0.717, 1.165) is 14.3 Å². The molecular weight excluding hydrogens is 268 g/mol. The quantitative estimate of drug-likeness (QED) is 0.874. The summed E-state index contributed by atoms with van der Waals surface area (Å²) in [7, 11) is 1.76. The monoisotopic (exact) mass is 282 g/mol. The van der Waals surface area contributed by atoms with Gasteiger partial charge in [0.25, 0.3) is 5.91 Å². The first-order valence-electron chi connectivity index (χ1n) is 5.80. The highest BCUT2D eigenvalue weighted by Gasteiger charge is 2.32. The lowest BCUT2D eigenvalue weighted by molar-refractivity contribution is 0.0586. The van der Waals surface area contributed by atoms with Crippen LogP contribution in [-0.2, 0) is 0 Å². The van der Waals surface area contributed by atoms with Crippen LogP contribution in [0, 0.1) is 0 Å². The molecule has 3 heterocycles. The zero-order valence-electron chi connectivity index (χ0n) is 9.92. The van der Waals surface area contributed by atoms with E-state index in [0.29, 0.717) is 13.1 Å². The van der Waals surface area contributed by atoms with Crippen LogP contribution in [0.25, 0.3) is 9.40 Å². The van der Waals surface area contributed by atoms with Gasteiger partial charge < -0.3 is 15.3 Å². The second-order valence-corrected chi connectivity index (χ2v) is 6.50. The van der Waals surface area contributed by atoms with Gasteiger partial charge in [0.2, 0.25) is 0 Å². The van der Waals surface area contributed by atoms with Crippen molar-refractivity contribution in [1.82, 2.24) is 10.2 Å². The summed E-state index contributed by atoms with van der Waals surface area (Å²) in [4.78, 5) is 14.7. The van der Waals surface area contributed by atoms with Crippen LogP contribution in [-0.4, -0.2) is 48.2 Å². The van der Waals surface area contributed by atoms with Crippen molar-refractivity contribution in [2.24, 2.45) is 0 Å². The topological polar surface area (TPSA) is 52.6 Å². The summed E-state index contributed by atoms with van der Waals surface area (Å²) in [5.74, 6) is -0.00356. The van der Waals surface area contributed by atoms with Gasteiger partial charge >= 0.3 is 0 Å². The Kier molecular flexibility index (Phi) is 3.11. The van der Waals surface area contributed by atoms with E-state index in [-0.39, 0.29) is 11.9 Å². The summed E-state index contributed by atoms with van der Waals surface area (Å²) in [6.07, 6.45) is -0.472. The molecule has 18 heavy (non-hydrogen) atoms. The Morgan fingerprint density at radius 2 is 2.33 bits per heavy atom. The third-order valence-electron chi connectivity index (χ3n) is 3.32. The van der Waals surface area contributed by atoms with Crippen molar-refractivity contribution < 1.29 is 9.90 Å². The number of nitrogens with one attached hydrogen (secondary N) is 1. The summed E-state index contributed by atoms with van der Waals surface area (Å²) in [5, 5.41) is 14.9. The highest BCUT2D eigenvalue weighted by atomic mass is 32.1. The minimum Gasteiger partial charge on any atom is -0.390 e. The van der Waals surface area contributed by atoms with Crippen LogP contribution in [0.5, 0.6) is 0 Å². The number of rotatable bonds is 2. The molecule has 2 aromatic heterocycles. The molecule has 2 atom stereocenters. The van der Waals surface area contributed by atoms with Gasteiger partial charge in [-0.15, -0.1) is 22.7 Å². The summed E-state index contributed by atoms with van der Waals surface area (Å²) < 4.78 is 2.31. The highest BCUT2D eigenvalue weighted by Crippen LogP contribution is 2.31. The van der Waals surface area contributed by atoms with E-state index in [2.05, 4.69) is 5.32 Å². The molecule has 1 saturated heterocycles. The van der Waals surface area contributed by atoms with Crippen molar-refractivity contribution in [2.45, 2.75) is 12.1 Å². The number of amides is 1. The predicted octanol–water partition coefficient (Wildman–Crippen LogP) is 1.37. The third kappa shape index (κ3) is 1.95. The van der Waals surface area contributed by atoms with Crippen LogP contribution in [0.1, 0.15) is 9.67 Å². The van der Waals surface area contributed by atoms with Crippen LogP contribution in [0.4, 0.5) is 0 Å². The number of aliphatic hydroxyl groups is 1. The molecule has 0 bridgehead atoms. The molecule has 1 fully saturated rings. The molecule has 0 aliphatic carbocycles. The van der Waals surface area contributed by atoms with Gasteiger partial charge in [-0.3, -0.25) is 4.79 Å². The summed E-state index contributed by atoms with van der Waals surface area (Å²) >= 11 is 3.17. The molecule has 4 nitrogen and oxygen atoms in total. The minimum absolute atomic E-state index is 0.00356. The number of carbonyl (C=O) groups is 1. The molecule has 0 aromatic carbocycles. The maximum Gasteiger partial charge on any atom is 0.264 e. The van der Waals surface area contributed by atoms with Crippen LogP contribution in [0.2, 0.25) is 0 Å². The molecule has 3 rings (SSSR count). The third-order valence-corrected chi connectivity index (χ3v) is 5.40. The molecule has 0 unspecified atom stereocenters. The molecule has 1 amide bonds. The van der Waals surface area contributed by atoms with Crippen molar-refractivity contribution in [3.05, 3.63) is 22.4 Å². The molecule has 0 saturated carbocycles. The lowest BCUT2D eigenvalue weighted by Gasteiger charge is -2.25. The van der Waals surface area contributed by atoms with Crippen LogP contribution in [0.15, 0.2) is 17.5 Å². The van der Waals surface area contributed by atoms with E-state index in [1.54, 1.807) is 23.3 Å². The Morgan fingerprint density at radius 3 is 3.00 bits per heavy atom. The zero-order chi connectivity index (χ0) is 12.7. The number of β-amino-alcohol motifs (C(OH)–C–C–N with tert-alkyl or cyclic N) is 1. The molecule has 1 aliphatic rings. The average Bonchev–Trinajstić information content (AvgIpc) is 3.00. The molecule has 2 N–H and O–H groups in total. The minimum atomic E-state index is -0.472. The van der Waals surface area contributed by atoms with Gasteiger partial charge in [-0.05, 0) is 17.5 Å². The fraction of sp³-hybridized carbons (Fsp3) is 0.417. The Morgan fingerprint density at radius 1 is 1.50 bits per heavy atom. The Bertz CT molecular complexity index is 549. The molecule has 6 heteroatoms. The number of hydrogen-bond acceptors (Lipinski definition) is 5. The zero-order valence-corrected chi connectivity index (χ0v) is 11.6. The van der Waals surface area contributed by atoms with E-state index >= 15 is 0 Å². The number of likely N-dealkylation sites (N-methyl/N-ethyl adjacent to an activating group) is 1. The Hall–Kier alpha value is -0.950. The second-order valence-electron chi connectivity index (χ2n) is 4.47. The van der Waals surface area contributed by atoms with Crippen molar-refractivity contribution in [3.63, 3.8) is 0 Å². The van der Waals surface area contributed by atoms with Crippen LogP contribution >= 0.6 is 22.7 Å². The van der Waals surface area contributed by atoms with Gasteiger partial charge in [-0.2, -0.15) is 0 Å². The van der Waals surface area contributed by atoms with Crippen LogP contribution in [0.3, 0.4) is 0 Å². The standard InChI is InChI=1S/C12H14N2O2S2/c1-14(7-5-13-6-8(7)15)12(16)11-4-10-9(18-11)2-3-17-10/h2-4,7-8,13,15H,5-6H2,1H3/t7-,8-/m0/s1. The second kappa shape index (κ2) is 4.62. The molecule has 96 valence electrons. The van der Waals surface area contributed by atoms with Gasteiger partial charge in [0, 0.05) is 29.5 Å². The molecule has 0 radical (unpaired) electrons. The fourth-order valence-corrected chi connectivity index (χ4v) is 4.33.